The first-order valence-electron chi connectivity index (χ1n) is 9.78. The highest BCUT2D eigenvalue weighted by molar-refractivity contribution is 8.23. The molecule has 0 aliphatic carbocycles. The summed E-state index contributed by atoms with van der Waals surface area (Å²) in [7, 11) is 0. The number of para-hydroxylation sites is 2. The minimum Gasteiger partial charge on any atom is -0.268 e. The Kier molecular flexibility index (Phi) is 6.04. The Labute approximate surface area is 190 Å². The Balaban J connectivity index is 1.92. The Hall–Kier alpha value is -2.09. The van der Waals surface area contributed by atoms with Gasteiger partial charge in [-0.2, -0.15) is 0 Å². The SMILES string of the molecule is Cc1ccccc1N1C(=O)C(=C2SCCC(C)S2)C(=O)N(c2ccccc2C)C1=S. The number of aryl methyl sites for hydroxylation is 2. The summed E-state index contributed by atoms with van der Waals surface area (Å²) in [5, 5.41) is 0.554. The second-order valence-electron chi connectivity index (χ2n) is 7.36. The maximum absolute atomic E-state index is 13.7. The summed E-state index contributed by atoms with van der Waals surface area (Å²) in [5.41, 5.74) is 3.48. The summed E-state index contributed by atoms with van der Waals surface area (Å²) in [4.78, 5) is 30.4. The van der Waals surface area contributed by atoms with Gasteiger partial charge in [0, 0.05) is 5.25 Å². The molecule has 4 rings (SSSR count). The summed E-state index contributed by atoms with van der Waals surface area (Å²) in [6.07, 6.45) is 1.05. The van der Waals surface area contributed by atoms with Crippen molar-refractivity contribution in [2.45, 2.75) is 32.4 Å². The lowest BCUT2D eigenvalue weighted by Crippen LogP contribution is -2.57. The molecule has 2 aliphatic heterocycles. The first kappa shape index (κ1) is 21.2. The minimum atomic E-state index is -0.340. The lowest BCUT2D eigenvalue weighted by molar-refractivity contribution is -0.120. The van der Waals surface area contributed by atoms with Gasteiger partial charge in [0.1, 0.15) is 5.57 Å². The van der Waals surface area contributed by atoms with Crippen LogP contribution in [0.2, 0.25) is 0 Å². The molecule has 30 heavy (non-hydrogen) atoms. The lowest BCUT2D eigenvalue weighted by atomic mass is 10.1. The van der Waals surface area contributed by atoms with Gasteiger partial charge in [-0.15, -0.1) is 23.5 Å². The first-order valence-corrected chi connectivity index (χ1v) is 12.1. The minimum absolute atomic E-state index is 0.191. The second kappa shape index (κ2) is 8.57. The highest BCUT2D eigenvalue weighted by Crippen LogP contribution is 2.44. The number of thioether (sulfide) groups is 2. The van der Waals surface area contributed by atoms with E-state index in [1.54, 1.807) is 23.5 Å². The van der Waals surface area contributed by atoms with E-state index in [0.29, 0.717) is 16.6 Å². The number of rotatable bonds is 2. The lowest BCUT2D eigenvalue weighted by Gasteiger charge is -2.38. The second-order valence-corrected chi connectivity index (χ2v) is 10.5. The van der Waals surface area contributed by atoms with Crippen LogP contribution in [0, 0.1) is 13.8 Å². The third-order valence-corrected chi connectivity index (χ3v) is 8.17. The summed E-state index contributed by atoms with van der Waals surface area (Å²) < 4.78 is 0.795. The smallest absolute Gasteiger partial charge is 0.268 e. The standard InChI is InChI=1S/C23H22N2O2S3/c1-14-8-4-6-10-17(14)24-20(26)19(22-29-13-12-16(3)30-22)21(27)25(23(24)28)18-11-7-5-9-15(18)2/h4-11,16H,12-13H2,1-3H3. The van der Waals surface area contributed by atoms with Crippen LogP contribution in [-0.4, -0.2) is 27.9 Å². The molecule has 0 aromatic heterocycles. The van der Waals surface area contributed by atoms with Gasteiger partial charge in [-0.3, -0.25) is 19.4 Å². The number of carbonyl (C=O) groups excluding carboxylic acids is 2. The zero-order valence-electron chi connectivity index (χ0n) is 17.0. The Bertz CT molecular complexity index is 1010. The van der Waals surface area contributed by atoms with E-state index in [0.717, 1.165) is 27.5 Å². The van der Waals surface area contributed by atoms with Gasteiger partial charge in [0.25, 0.3) is 11.8 Å². The molecule has 1 atom stereocenters. The van der Waals surface area contributed by atoms with Gasteiger partial charge >= 0.3 is 0 Å². The monoisotopic (exact) mass is 454 g/mol. The number of hydrogen-bond donors (Lipinski definition) is 0. The quantitative estimate of drug-likeness (QED) is 0.343. The van der Waals surface area contributed by atoms with Gasteiger partial charge in [-0.25, -0.2) is 0 Å². The predicted molar refractivity (Wildman–Crippen MR) is 131 cm³/mol. The largest absolute Gasteiger partial charge is 0.271 e. The first-order chi connectivity index (χ1) is 14.4. The number of thiocarbonyl (C=S) groups is 1. The van der Waals surface area contributed by atoms with Gasteiger partial charge in [0.15, 0.2) is 5.11 Å². The highest BCUT2D eigenvalue weighted by Gasteiger charge is 2.44. The molecule has 154 valence electrons. The molecule has 0 spiro atoms. The fraction of sp³-hybridized carbons (Fsp3) is 0.261. The van der Waals surface area contributed by atoms with E-state index in [2.05, 4.69) is 6.92 Å². The molecule has 2 saturated heterocycles. The molecule has 2 aromatic rings. The van der Waals surface area contributed by atoms with Crippen LogP contribution >= 0.6 is 35.7 Å². The van der Waals surface area contributed by atoms with Crippen LogP contribution in [-0.2, 0) is 9.59 Å². The number of hydrogen-bond acceptors (Lipinski definition) is 5. The van der Waals surface area contributed by atoms with Gasteiger partial charge in [-0.1, -0.05) is 43.3 Å². The number of amides is 2. The summed E-state index contributed by atoms with van der Waals surface area (Å²) in [5.74, 6) is 0.216. The number of nitrogens with zero attached hydrogens (tertiary/aromatic N) is 2. The van der Waals surface area contributed by atoms with Gasteiger partial charge < -0.3 is 0 Å². The van der Waals surface area contributed by atoms with Crippen molar-refractivity contribution in [1.29, 1.82) is 0 Å². The molecule has 1 unspecified atom stereocenters. The van der Waals surface area contributed by atoms with E-state index in [1.165, 1.54) is 9.80 Å². The third kappa shape index (κ3) is 3.70. The molecule has 2 fully saturated rings. The maximum atomic E-state index is 13.7. The molecule has 2 heterocycles. The van der Waals surface area contributed by atoms with E-state index in [9.17, 15) is 9.59 Å². The molecule has 2 aromatic carbocycles. The van der Waals surface area contributed by atoms with Gasteiger partial charge in [0.05, 0.1) is 15.6 Å². The summed E-state index contributed by atoms with van der Waals surface area (Å²) >= 11 is 8.94. The van der Waals surface area contributed by atoms with Crippen LogP contribution in [0.3, 0.4) is 0 Å². The van der Waals surface area contributed by atoms with Gasteiger partial charge in [0.2, 0.25) is 0 Å². The fourth-order valence-electron chi connectivity index (χ4n) is 3.54. The average molecular weight is 455 g/mol. The zero-order valence-corrected chi connectivity index (χ0v) is 19.5. The van der Waals surface area contributed by atoms with Crippen LogP contribution in [0.4, 0.5) is 11.4 Å². The van der Waals surface area contributed by atoms with E-state index in [1.807, 2.05) is 62.4 Å². The van der Waals surface area contributed by atoms with Crippen LogP contribution in [0.25, 0.3) is 0 Å². The molecule has 2 amide bonds. The predicted octanol–water partition coefficient (Wildman–Crippen LogP) is 5.44. The Morgan fingerprint density at radius 2 is 1.40 bits per heavy atom. The Morgan fingerprint density at radius 3 is 1.87 bits per heavy atom. The molecule has 0 bridgehead atoms. The van der Waals surface area contributed by atoms with Crippen molar-refractivity contribution in [2.24, 2.45) is 0 Å². The zero-order chi connectivity index (χ0) is 21.4. The van der Waals surface area contributed by atoms with Crippen LogP contribution < -0.4 is 9.80 Å². The molecular weight excluding hydrogens is 432 g/mol. The molecule has 7 heteroatoms. The van der Waals surface area contributed by atoms with Crippen molar-refractivity contribution in [3.63, 3.8) is 0 Å². The van der Waals surface area contributed by atoms with E-state index in [4.69, 9.17) is 12.2 Å². The third-order valence-electron chi connectivity index (χ3n) is 5.20. The number of anilines is 2. The summed E-state index contributed by atoms with van der Waals surface area (Å²) in [6.45, 7) is 6.02. The van der Waals surface area contributed by atoms with Crippen LogP contribution in [0.1, 0.15) is 24.5 Å². The normalized spacial score (nSPS) is 20.2. The van der Waals surface area contributed by atoms with Crippen molar-refractivity contribution in [1.82, 2.24) is 0 Å². The molecule has 2 aliphatic rings. The maximum Gasteiger partial charge on any atom is 0.271 e. The van der Waals surface area contributed by atoms with E-state index < -0.39 is 0 Å². The molecular formula is C23H22N2O2S3. The molecule has 0 N–H and O–H groups in total. The molecule has 0 saturated carbocycles. The van der Waals surface area contributed by atoms with Crippen LogP contribution in [0.5, 0.6) is 0 Å². The molecule has 4 nitrogen and oxygen atoms in total. The van der Waals surface area contributed by atoms with Crippen molar-refractivity contribution < 1.29 is 9.59 Å². The van der Waals surface area contributed by atoms with E-state index in [-0.39, 0.29) is 22.5 Å². The van der Waals surface area contributed by atoms with E-state index >= 15 is 0 Å². The summed E-state index contributed by atoms with van der Waals surface area (Å²) in [6, 6.07) is 15.2. The average Bonchev–Trinajstić information content (AvgIpc) is 2.71. The van der Waals surface area contributed by atoms with Crippen molar-refractivity contribution >= 4 is 64.0 Å². The van der Waals surface area contributed by atoms with Crippen molar-refractivity contribution in [3.8, 4) is 0 Å². The number of carbonyl (C=O) groups is 2. The topological polar surface area (TPSA) is 40.6 Å². The Morgan fingerprint density at radius 1 is 0.900 bits per heavy atom. The van der Waals surface area contributed by atoms with Crippen LogP contribution in [0.15, 0.2) is 58.3 Å². The highest BCUT2D eigenvalue weighted by atomic mass is 32.2. The van der Waals surface area contributed by atoms with Crippen molar-refractivity contribution in [3.05, 3.63) is 69.5 Å². The van der Waals surface area contributed by atoms with Crippen molar-refractivity contribution in [2.75, 3.05) is 15.6 Å². The molecule has 0 radical (unpaired) electrons. The number of benzene rings is 2. The fourth-order valence-corrected chi connectivity index (χ4v) is 6.94. The van der Waals surface area contributed by atoms with Gasteiger partial charge in [-0.05, 0) is 61.5 Å².